The van der Waals surface area contributed by atoms with Crippen molar-refractivity contribution in [3.63, 3.8) is 0 Å². The molecule has 1 aromatic rings. The van der Waals surface area contributed by atoms with Gasteiger partial charge in [-0.1, -0.05) is 43.9 Å². The lowest BCUT2D eigenvalue weighted by Gasteiger charge is -2.31. The first-order valence-electron chi connectivity index (χ1n) is 6.88. The Bertz CT molecular complexity index is 394. The molecule has 1 aromatic carbocycles. The molecule has 0 saturated heterocycles. The van der Waals surface area contributed by atoms with Crippen molar-refractivity contribution in [2.75, 3.05) is 0 Å². The molecule has 0 aliphatic heterocycles. The summed E-state index contributed by atoms with van der Waals surface area (Å²) in [6, 6.07) is 5.45. The molecular formula is C15H21ClFN. The molecule has 1 fully saturated rings. The first-order valence-corrected chi connectivity index (χ1v) is 7.25. The molecule has 2 unspecified atom stereocenters. The minimum atomic E-state index is -0.209. The second kappa shape index (κ2) is 6.53. The Morgan fingerprint density at radius 3 is 2.83 bits per heavy atom. The van der Waals surface area contributed by atoms with Crippen LogP contribution in [0.4, 0.5) is 4.39 Å². The lowest BCUT2D eigenvalue weighted by Crippen LogP contribution is -2.38. The first-order chi connectivity index (χ1) is 8.70. The van der Waals surface area contributed by atoms with Gasteiger partial charge in [0.15, 0.2) is 0 Å². The number of hydrogen-bond donors (Lipinski definition) is 1. The van der Waals surface area contributed by atoms with Gasteiger partial charge in [0.1, 0.15) is 5.82 Å². The SMILES string of the molecule is CCC1CCCCC1NCc1ccc(Cl)cc1F. The zero-order valence-electron chi connectivity index (χ0n) is 10.9. The minimum absolute atomic E-state index is 0.209. The first kappa shape index (κ1) is 13.8. The van der Waals surface area contributed by atoms with Gasteiger partial charge < -0.3 is 5.32 Å². The van der Waals surface area contributed by atoms with Crippen LogP contribution in [0.1, 0.15) is 44.6 Å². The van der Waals surface area contributed by atoms with Crippen LogP contribution in [0.5, 0.6) is 0 Å². The van der Waals surface area contributed by atoms with E-state index in [2.05, 4.69) is 12.2 Å². The molecule has 1 aliphatic rings. The summed E-state index contributed by atoms with van der Waals surface area (Å²) in [6.45, 7) is 2.84. The van der Waals surface area contributed by atoms with Crippen LogP contribution in [0.25, 0.3) is 0 Å². The van der Waals surface area contributed by atoms with E-state index in [9.17, 15) is 4.39 Å². The lowest BCUT2D eigenvalue weighted by molar-refractivity contribution is 0.253. The molecule has 1 saturated carbocycles. The maximum atomic E-state index is 13.7. The topological polar surface area (TPSA) is 12.0 Å². The smallest absolute Gasteiger partial charge is 0.129 e. The van der Waals surface area contributed by atoms with Gasteiger partial charge in [-0.25, -0.2) is 4.39 Å². The number of nitrogens with one attached hydrogen (secondary N) is 1. The number of hydrogen-bond acceptors (Lipinski definition) is 1. The lowest BCUT2D eigenvalue weighted by atomic mass is 9.83. The van der Waals surface area contributed by atoms with Gasteiger partial charge in [0, 0.05) is 23.2 Å². The number of halogens is 2. The summed E-state index contributed by atoms with van der Waals surface area (Å²) in [4.78, 5) is 0. The summed E-state index contributed by atoms with van der Waals surface area (Å²) >= 11 is 5.75. The molecule has 0 heterocycles. The molecule has 0 spiro atoms. The Morgan fingerprint density at radius 2 is 2.11 bits per heavy atom. The summed E-state index contributed by atoms with van der Waals surface area (Å²) in [5, 5.41) is 3.97. The highest BCUT2D eigenvalue weighted by atomic mass is 35.5. The third kappa shape index (κ3) is 3.46. The third-order valence-electron chi connectivity index (χ3n) is 4.00. The molecule has 0 bridgehead atoms. The molecule has 2 rings (SSSR count). The van der Waals surface area contributed by atoms with Crippen LogP contribution in [-0.2, 0) is 6.54 Å². The molecular weight excluding hydrogens is 249 g/mol. The standard InChI is InChI=1S/C15H21ClFN/c1-2-11-5-3-4-6-15(11)18-10-12-7-8-13(16)9-14(12)17/h7-9,11,15,18H,2-6,10H2,1H3. The van der Waals surface area contributed by atoms with Crippen LogP contribution >= 0.6 is 11.6 Å². The minimum Gasteiger partial charge on any atom is -0.310 e. The van der Waals surface area contributed by atoms with Crippen molar-refractivity contribution in [1.82, 2.24) is 5.32 Å². The van der Waals surface area contributed by atoms with Gasteiger partial charge in [0.05, 0.1) is 0 Å². The second-order valence-corrected chi connectivity index (χ2v) is 5.61. The Balaban J connectivity index is 1.93. The average molecular weight is 270 g/mol. The van der Waals surface area contributed by atoms with Crippen molar-refractivity contribution in [3.05, 3.63) is 34.6 Å². The van der Waals surface area contributed by atoms with Gasteiger partial charge in [-0.3, -0.25) is 0 Å². The van der Waals surface area contributed by atoms with E-state index in [-0.39, 0.29) is 5.82 Å². The van der Waals surface area contributed by atoms with E-state index < -0.39 is 0 Å². The molecule has 1 nitrogen and oxygen atoms in total. The fourth-order valence-corrected chi connectivity index (χ4v) is 3.03. The highest BCUT2D eigenvalue weighted by Gasteiger charge is 2.23. The zero-order chi connectivity index (χ0) is 13.0. The number of benzene rings is 1. The van der Waals surface area contributed by atoms with E-state index in [1.54, 1.807) is 12.1 Å². The number of rotatable bonds is 4. The van der Waals surface area contributed by atoms with Crippen molar-refractivity contribution in [1.29, 1.82) is 0 Å². The summed E-state index contributed by atoms with van der Waals surface area (Å²) in [6.07, 6.45) is 6.36. The molecule has 0 aromatic heterocycles. The zero-order valence-corrected chi connectivity index (χ0v) is 11.6. The molecule has 1 N–H and O–H groups in total. The van der Waals surface area contributed by atoms with Crippen LogP contribution in [0.2, 0.25) is 5.02 Å². The van der Waals surface area contributed by atoms with E-state index >= 15 is 0 Å². The van der Waals surface area contributed by atoms with Gasteiger partial charge in [-0.15, -0.1) is 0 Å². The van der Waals surface area contributed by atoms with Gasteiger partial charge in [-0.2, -0.15) is 0 Å². The normalized spacial score (nSPS) is 24.2. The summed E-state index contributed by atoms with van der Waals surface area (Å²) in [5.41, 5.74) is 0.708. The molecule has 0 amide bonds. The fraction of sp³-hybridized carbons (Fsp3) is 0.600. The van der Waals surface area contributed by atoms with Crippen LogP contribution < -0.4 is 5.32 Å². The Kier molecular flexibility index (Phi) is 5.02. The van der Waals surface area contributed by atoms with Gasteiger partial charge >= 0.3 is 0 Å². The van der Waals surface area contributed by atoms with Gasteiger partial charge in [0.25, 0.3) is 0 Å². The van der Waals surface area contributed by atoms with Crippen LogP contribution in [0.3, 0.4) is 0 Å². The van der Waals surface area contributed by atoms with E-state index in [0.29, 0.717) is 23.2 Å². The molecule has 0 radical (unpaired) electrons. The maximum Gasteiger partial charge on any atom is 0.129 e. The highest BCUT2D eigenvalue weighted by Crippen LogP contribution is 2.27. The van der Waals surface area contributed by atoms with Crippen molar-refractivity contribution in [2.45, 2.75) is 51.6 Å². The fourth-order valence-electron chi connectivity index (χ4n) is 2.87. The van der Waals surface area contributed by atoms with Crippen LogP contribution in [0, 0.1) is 11.7 Å². The van der Waals surface area contributed by atoms with Crippen LogP contribution in [0.15, 0.2) is 18.2 Å². The third-order valence-corrected chi connectivity index (χ3v) is 4.24. The van der Waals surface area contributed by atoms with Gasteiger partial charge in [-0.05, 0) is 30.9 Å². The van der Waals surface area contributed by atoms with E-state index in [4.69, 9.17) is 11.6 Å². The summed E-state index contributed by atoms with van der Waals surface area (Å²) in [7, 11) is 0. The molecule has 18 heavy (non-hydrogen) atoms. The second-order valence-electron chi connectivity index (χ2n) is 5.18. The molecule has 2 atom stereocenters. The largest absolute Gasteiger partial charge is 0.310 e. The summed E-state index contributed by atoms with van der Waals surface area (Å²) in [5.74, 6) is 0.535. The Morgan fingerprint density at radius 1 is 1.33 bits per heavy atom. The van der Waals surface area contributed by atoms with Crippen LogP contribution in [-0.4, -0.2) is 6.04 Å². The average Bonchev–Trinajstić information content (AvgIpc) is 2.38. The molecule has 100 valence electrons. The quantitative estimate of drug-likeness (QED) is 0.846. The predicted molar refractivity (Wildman–Crippen MR) is 74.3 cm³/mol. The van der Waals surface area contributed by atoms with Crippen molar-refractivity contribution >= 4 is 11.6 Å². The highest BCUT2D eigenvalue weighted by molar-refractivity contribution is 6.30. The Hall–Kier alpha value is -0.600. The summed E-state index contributed by atoms with van der Waals surface area (Å²) < 4.78 is 13.7. The monoisotopic (exact) mass is 269 g/mol. The van der Waals surface area contributed by atoms with Gasteiger partial charge in [0.2, 0.25) is 0 Å². The maximum absolute atomic E-state index is 13.7. The van der Waals surface area contributed by atoms with E-state index in [1.165, 1.54) is 38.2 Å². The van der Waals surface area contributed by atoms with Crippen molar-refractivity contribution in [2.24, 2.45) is 5.92 Å². The van der Waals surface area contributed by atoms with E-state index in [1.807, 2.05) is 0 Å². The predicted octanol–water partition coefficient (Wildman–Crippen LogP) is 4.54. The van der Waals surface area contributed by atoms with Crippen molar-refractivity contribution < 1.29 is 4.39 Å². The van der Waals surface area contributed by atoms with E-state index in [0.717, 1.165) is 5.92 Å². The molecule has 1 aliphatic carbocycles. The van der Waals surface area contributed by atoms with Crippen molar-refractivity contribution in [3.8, 4) is 0 Å². The molecule has 3 heteroatoms. The Labute approximate surface area is 114 Å².